The van der Waals surface area contributed by atoms with Crippen LogP contribution in [0, 0.1) is 5.82 Å². The number of amides is 1. The normalized spacial score (nSPS) is 14.8. The number of nitrogens with zero attached hydrogens (tertiary/aromatic N) is 3. The number of aromatic amines is 1. The first kappa shape index (κ1) is 24.0. The quantitative estimate of drug-likeness (QED) is 0.348. The molecule has 2 heterocycles. The molecule has 1 N–H and O–H groups in total. The fourth-order valence-electron chi connectivity index (χ4n) is 5.08. The number of halogens is 1. The first-order valence-electron chi connectivity index (χ1n) is 12.5. The molecule has 1 amide bonds. The fourth-order valence-corrected chi connectivity index (χ4v) is 5.08. The fraction of sp³-hybridized carbons (Fsp3) is 0.310. The number of benzene rings is 3. The Morgan fingerprint density at radius 1 is 1.14 bits per heavy atom. The van der Waals surface area contributed by atoms with Crippen LogP contribution in [0.3, 0.4) is 0 Å². The van der Waals surface area contributed by atoms with E-state index in [2.05, 4.69) is 21.2 Å². The zero-order valence-corrected chi connectivity index (χ0v) is 20.7. The third-order valence-electron chi connectivity index (χ3n) is 6.95. The van der Waals surface area contributed by atoms with E-state index < -0.39 is 0 Å². The van der Waals surface area contributed by atoms with Crippen molar-refractivity contribution < 1.29 is 13.9 Å². The van der Waals surface area contributed by atoms with Crippen molar-refractivity contribution in [3.8, 4) is 16.9 Å². The second-order valence-electron chi connectivity index (χ2n) is 9.28. The molecule has 36 heavy (non-hydrogen) atoms. The van der Waals surface area contributed by atoms with Crippen LogP contribution in [0.5, 0.6) is 5.75 Å². The van der Waals surface area contributed by atoms with Crippen LogP contribution in [-0.2, 0) is 0 Å². The van der Waals surface area contributed by atoms with Crippen LogP contribution in [-0.4, -0.2) is 59.2 Å². The summed E-state index contributed by atoms with van der Waals surface area (Å²) in [6.07, 6.45) is 4.17. The van der Waals surface area contributed by atoms with Crippen molar-refractivity contribution in [2.45, 2.75) is 25.8 Å². The number of carbonyl (C=O) groups is 1. The van der Waals surface area contributed by atoms with Crippen molar-refractivity contribution in [3.05, 3.63) is 83.8 Å². The molecule has 0 aliphatic carbocycles. The maximum atomic E-state index is 13.9. The summed E-state index contributed by atoms with van der Waals surface area (Å²) in [7, 11) is 1.86. The number of rotatable bonds is 8. The Hall–Kier alpha value is -3.71. The van der Waals surface area contributed by atoms with E-state index in [9.17, 15) is 9.18 Å². The summed E-state index contributed by atoms with van der Waals surface area (Å²) in [5, 5.41) is 8.38. The molecule has 1 saturated heterocycles. The summed E-state index contributed by atoms with van der Waals surface area (Å²) in [5.41, 5.74) is 4.01. The molecule has 186 valence electrons. The molecular formula is C29H31FN4O2. The van der Waals surface area contributed by atoms with Crippen LogP contribution < -0.4 is 4.74 Å². The van der Waals surface area contributed by atoms with E-state index in [1.54, 1.807) is 18.2 Å². The molecule has 1 atom stereocenters. The summed E-state index contributed by atoms with van der Waals surface area (Å²) in [4.78, 5) is 18.1. The van der Waals surface area contributed by atoms with E-state index >= 15 is 0 Å². The highest BCUT2D eigenvalue weighted by molar-refractivity contribution is 5.96. The zero-order valence-electron chi connectivity index (χ0n) is 20.7. The predicted molar refractivity (Wildman–Crippen MR) is 140 cm³/mol. The molecular weight excluding hydrogens is 455 g/mol. The van der Waals surface area contributed by atoms with Crippen LogP contribution in [0.2, 0.25) is 0 Å². The molecule has 0 bridgehead atoms. The minimum atomic E-state index is -0.312. The molecule has 4 aromatic rings. The van der Waals surface area contributed by atoms with E-state index in [-0.39, 0.29) is 17.8 Å². The van der Waals surface area contributed by atoms with E-state index in [1.807, 2.05) is 49.3 Å². The molecule has 6 nitrogen and oxygen atoms in total. The number of nitrogens with one attached hydrogen (secondary N) is 1. The number of likely N-dealkylation sites (N-methyl/N-ethyl adjacent to an activating group) is 1. The minimum Gasteiger partial charge on any atom is -0.493 e. The molecule has 0 radical (unpaired) electrons. The van der Waals surface area contributed by atoms with Gasteiger partial charge in [-0.1, -0.05) is 30.3 Å². The Bertz CT molecular complexity index is 1360. The van der Waals surface area contributed by atoms with Crippen molar-refractivity contribution in [1.29, 1.82) is 0 Å². The van der Waals surface area contributed by atoms with Gasteiger partial charge in [-0.25, -0.2) is 4.39 Å². The van der Waals surface area contributed by atoms with Crippen LogP contribution in [0.25, 0.3) is 22.0 Å². The molecule has 5 rings (SSSR count). The minimum absolute atomic E-state index is 0.0949. The molecule has 0 spiro atoms. The Morgan fingerprint density at radius 2 is 1.94 bits per heavy atom. The second kappa shape index (κ2) is 10.5. The van der Waals surface area contributed by atoms with E-state index in [1.165, 1.54) is 25.0 Å². The topological polar surface area (TPSA) is 61.5 Å². The first-order chi connectivity index (χ1) is 17.5. The average Bonchev–Trinajstić information content (AvgIpc) is 3.59. The van der Waals surface area contributed by atoms with Gasteiger partial charge in [0.15, 0.2) is 0 Å². The molecule has 1 aromatic heterocycles. The van der Waals surface area contributed by atoms with Crippen molar-refractivity contribution in [2.75, 3.05) is 33.3 Å². The lowest BCUT2D eigenvalue weighted by Gasteiger charge is -2.32. The van der Waals surface area contributed by atoms with Gasteiger partial charge in [-0.15, -0.1) is 0 Å². The highest BCUT2D eigenvalue weighted by atomic mass is 19.1. The van der Waals surface area contributed by atoms with E-state index in [0.29, 0.717) is 23.5 Å². The number of aromatic nitrogens is 2. The Labute approximate surface area is 210 Å². The van der Waals surface area contributed by atoms with Gasteiger partial charge >= 0.3 is 0 Å². The standard InChI is InChI=1S/C29H31FN4O2/c1-3-36-27-17-21(12-13-24(27)20-8-6-10-23(30)16-20)29(35)33(2)26(19-34-14-4-5-15-34)25-11-7-9-22-18-31-32-28(22)25/h6-13,16-18,26H,3-5,14-15,19H2,1-2H3,(H,31,32)/t26-/m0/s1. The molecule has 1 fully saturated rings. The number of carbonyl (C=O) groups excluding carboxylic acids is 1. The monoisotopic (exact) mass is 486 g/mol. The number of H-pyrrole nitrogens is 1. The smallest absolute Gasteiger partial charge is 0.254 e. The predicted octanol–water partition coefficient (Wildman–Crippen LogP) is 5.68. The Morgan fingerprint density at radius 3 is 2.72 bits per heavy atom. The molecule has 7 heteroatoms. The highest BCUT2D eigenvalue weighted by Crippen LogP contribution is 2.34. The van der Waals surface area contributed by atoms with Crippen LogP contribution >= 0.6 is 0 Å². The van der Waals surface area contributed by atoms with Gasteiger partial charge in [0, 0.05) is 35.7 Å². The van der Waals surface area contributed by atoms with Gasteiger partial charge in [0.1, 0.15) is 11.6 Å². The Balaban J connectivity index is 1.50. The Kier molecular flexibility index (Phi) is 7.00. The van der Waals surface area contributed by atoms with Gasteiger partial charge < -0.3 is 14.5 Å². The number of likely N-dealkylation sites (tertiary alicyclic amines) is 1. The molecule has 0 saturated carbocycles. The second-order valence-corrected chi connectivity index (χ2v) is 9.28. The molecule has 1 aliphatic heterocycles. The maximum absolute atomic E-state index is 13.9. The SMILES string of the molecule is CCOc1cc(C(=O)N(C)[C@@H](CN2CCCC2)c2cccc3cn[nH]c23)ccc1-c1cccc(F)c1. The molecule has 1 aliphatic rings. The number of fused-ring (bicyclic) bond motifs is 1. The maximum Gasteiger partial charge on any atom is 0.254 e. The summed E-state index contributed by atoms with van der Waals surface area (Å²) < 4.78 is 19.8. The average molecular weight is 487 g/mol. The van der Waals surface area contributed by atoms with Gasteiger partial charge in [0.2, 0.25) is 0 Å². The van der Waals surface area contributed by atoms with Crippen molar-refractivity contribution in [2.24, 2.45) is 0 Å². The van der Waals surface area contributed by atoms with Crippen LogP contribution in [0.4, 0.5) is 4.39 Å². The van der Waals surface area contributed by atoms with Gasteiger partial charge in [0.25, 0.3) is 5.91 Å². The highest BCUT2D eigenvalue weighted by Gasteiger charge is 2.28. The summed E-state index contributed by atoms with van der Waals surface area (Å²) in [6.45, 7) is 5.16. The first-order valence-corrected chi connectivity index (χ1v) is 12.5. The molecule has 3 aromatic carbocycles. The lowest BCUT2D eigenvalue weighted by molar-refractivity contribution is 0.0697. The largest absolute Gasteiger partial charge is 0.493 e. The van der Waals surface area contributed by atoms with Crippen LogP contribution in [0.1, 0.15) is 41.7 Å². The van der Waals surface area contributed by atoms with E-state index in [0.717, 1.165) is 41.7 Å². The summed E-state index contributed by atoms with van der Waals surface area (Å²) in [6, 6.07) is 17.8. The number of hydrogen-bond acceptors (Lipinski definition) is 4. The summed E-state index contributed by atoms with van der Waals surface area (Å²) >= 11 is 0. The third-order valence-corrected chi connectivity index (χ3v) is 6.95. The van der Waals surface area contributed by atoms with Gasteiger partial charge in [-0.2, -0.15) is 5.10 Å². The van der Waals surface area contributed by atoms with Gasteiger partial charge in [-0.05, 0) is 68.8 Å². The third kappa shape index (κ3) is 4.84. The van der Waals surface area contributed by atoms with Crippen LogP contribution in [0.15, 0.2) is 66.9 Å². The zero-order chi connectivity index (χ0) is 25.1. The van der Waals surface area contributed by atoms with Gasteiger partial charge in [0.05, 0.1) is 24.4 Å². The van der Waals surface area contributed by atoms with Crippen molar-refractivity contribution >= 4 is 16.8 Å². The van der Waals surface area contributed by atoms with Gasteiger partial charge in [-0.3, -0.25) is 9.89 Å². The molecule has 0 unspecified atom stereocenters. The lowest BCUT2D eigenvalue weighted by atomic mass is 9.99. The lowest BCUT2D eigenvalue weighted by Crippen LogP contribution is -2.38. The number of ether oxygens (including phenoxy) is 1. The van der Waals surface area contributed by atoms with Crippen molar-refractivity contribution in [1.82, 2.24) is 20.0 Å². The number of para-hydroxylation sites is 1. The summed E-state index contributed by atoms with van der Waals surface area (Å²) in [5.74, 6) is 0.157. The van der Waals surface area contributed by atoms with Crippen molar-refractivity contribution in [3.63, 3.8) is 0 Å². The van der Waals surface area contributed by atoms with E-state index in [4.69, 9.17) is 4.74 Å². The number of hydrogen-bond donors (Lipinski definition) is 1.